The molecule has 6 N–H and O–H groups in total. The third-order valence-corrected chi connectivity index (χ3v) is 11.6. The summed E-state index contributed by atoms with van der Waals surface area (Å²) in [6.45, 7) is 10.5. The molecule has 14 nitrogen and oxygen atoms in total. The van der Waals surface area contributed by atoms with Crippen molar-refractivity contribution >= 4 is 58.3 Å². The molecule has 344 valence electrons. The molecular weight excluding hydrogens is 859 g/mol. The summed E-state index contributed by atoms with van der Waals surface area (Å²) >= 11 is 12.3. The maximum absolute atomic E-state index is 13.1. The smallest absolute Gasteiger partial charge is 0.328 e. The molecule has 0 aromatic heterocycles. The maximum atomic E-state index is 13.1. The minimum absolute atomic E-state index is 0.0770. The summed E-state index contributed by atoms with van der Waals surface area (Å²) in [6, 6.07) is 27.9. The Morgan fingerprint density at radius 2 is 0.953 bits per heavy atom. The van der Waals surface area contributed by atoms with E-state index in [4.69, 9.17) is 54.4 Å². The third kappa shape index (κ3) is 15.5. The minimum atomic E-state index is -1.26. The average molecular weight is 920 g/mol. The fourth-order valence-electron chi connectivity index (χ4n) is 7.49. The number of ether oxygens (including phenoxy) is 2. The van der Waals surface area contributed by atoms with Crippen molar-refractivity contribution in [2.24, 2.45) is 0 Å². The van der Waals surface area contributed by atoms with E-state index in [1.807, 2.05) is 49.9 Å². The zero-order valence-electron chi connectivity index (χ0n) is 36.9. The van der Waals surface area contributed by atoms with Crippen LogP contribution in [-0.2, 0) is 22.7 Å². The number of hydrogen-bond acceptors (Lipinski definition) is 10. The Hall–Kier alpha value is -5.80. The zero-order valence-corrected chi connectivity index (χ0v) is 38.4. The predicted molar refractivity (Wildman–Crippen MR) is 252 cm³/mol. The Labute approximate surface area is 385 Å². The lowest BCUT2D eigenvalue weighted by Gasteiger charge is -2.37. The van der Waals surface area contributed by atoms with E-state index >= 15 is 0 Å². The standard InChI is InChI=1S/2C22H28ClN3O2.C4H4O4/c2*1-3-28-21-14-20(24)19(23)13-18(21)22(27)25(2)17-9-11-26(12-10-17)15-16-7-5-4-6-8-16;5-3(6)1-2-4(7)8/h2*4-8,13-14,17H,3,9-12,15,24H2,1-2H3;1-2H,(H,5,6)(H,7,8)/b;;2-1+. The lowest BCUT2D eigenvalue weighted by Crippen LogP contribution is -2.45. The van der Waals surface area contributed by atoms with Crippen LogP contribution in [0.1, 0.15) is 71.4 Å². The van der Waals surface area contributed by atoms with E-state index in [0.29, 0.717) is 69.4 Å². The quantitative estimate of drug-likeness (QED) is 0.0709. The molecule has 6 rings (SSSR count). The Balaban J connectivity index is 0.000000240. The second kappa shape index (κ2) is 25.5. The third-order valence-electron chi connectivity index (χ3n) is 11.0. The maximum Gasteiger partial charge on any atom is 0.328 e. The highest BCUT2D eigenvalue weighted by Crippen LogP contribution is 2.33. The second-order valence-electron chi connectivity index (χ2n) is 15.4. The van der Waals surface area contributed by atoms with E-state index in [-0.39, 0.29) is 23.9 Å². The molecule has 0 unspecified atom stereocenters. The number of hydrogen-bond donors (Lipinski definition) is 4. The van der Waals surface area contributed by atoms with Gasteiger partial charge in [-0.3, -0.25) is 19.4 Å². The van der Waals surface area contributed by atoms with Gasteiger partial charge >= 0.3 is 11.9 Å². The fraction of sp³-hybridized carbons (Fsp3) is 0.375. The molecule has 4 aromatic carbocycles. The molecule has 16 heteroatoms. The normalized spacial score (nSPS) is 14.7. The van der Waals surface area contributed by atoms with Crippen molar-refractivity contribution in [2.75, 3.05) is 65.0 Å². The van der Waals surface area contributed by atoms with Crippen LogP contribution >= 0.6 is 23.2 Å². The summed E-state index contributed by atoms with van der Waals surface area (Å²) in [4.78, 5) is 53.9. The highest BCUT2D eigenvalue weighted by molar-refractivity contribution is 6.34. The molecule has 0 aliphatic carbocycles. The van der Waals surface area contributed by atoms with Gasteiger partial charge in [0.25, 0.3) is 11.8 Å². The van der Waals surface area contributed by atoms with Crippen molar-refractivity contribution in [1.29, 1.82) is 0 Å². The number of rotatable bonds is 14. The molecule has 2 amide bonds. The number of piperidine rings is 2. The van der Waals surface area contributed by atoms with E-state index in [1.165, 1.54) is 11.1 Å². The molecule has 2 aliphatic rings. The van der Waals surface area contributed by atoms with Crippen LogP contribution in [0.3, 0.4) is 0 Å². The number of anilines is 2. The topological polar surface area (TPSA) is 192 Å². The van der Waals surface area contributed by atoms with Gasteiger partial charge < -0.3 is 41.0 Å². The van der Waals surface area contributed by atoms with Gasteiger partial charge in [-0.25, -0.2) is 9.59 Å². The largest absolute Gasteiger partial charge is 0.493 e. The summed E-state index contributed by atoms with van der Waals surface area (Å²) in [5.74, 6) is -1.69. The van der Waals surface area contributed by atoms with Gasteiger partial charge in [-0.1, -0.05) is 83.9 Å². The predicted octanol–water partition coefficient (Wildman–Crippen LogP) is 7.83. The number of likely N-dealkylation sites (tertiary alicyclic amines) is 2. The van der Waals surface area contributed by atoms with Crippen molar-refractivity contribution in [1.82, 2.24) is 19.6 Å². The van der Waals surface area contributed by atoms with Crippen LogP contribution in [-0.4, -0.2) is 119 Å². The number of amides is 2. The minimum Gasteiger partial charge on any atom is -0.493 e. The summed E-state index contributed by atoms with van der Waals surface area (Å²) in [5.41, 5.74) is 16.2. The Bertz CT molecular complexity index is 2030. The number of nitrogens with two attached hydrogens (primary N) is 2. The van der Waals surface area contributed by atoms with E-state index in [1.54, 1.807) is 24.3 Å². The first kappa shape index (κ1) is 50.8. The van der Waals surface area contributed by atoms with Crippen molar-refractivity contribution in [3.63, 3.8) is 0 Å². The Kier molecular flexibility index (Phi) is 20.2. The van der Waals surface area contributed by atoms with E-state index in [0.717, 1.165) is 65.0 Å². The number of aliphatic carboxylic acids is 2. The number of nitrogen functional groups attached to an aromatic ring is 2. The highest BCUT2D eigenvalue weighted by atomic mass is 35.5. The highest BCUT2D eigenvalue weighted by Gasteiger charge is 2.30. The van der Waals surface area contributed by atoms with Gasteiger partial charge in [-0.15, -0.1) is 0 Å². The van der Waals surface area contributed by atoms with Crippen LogP contribution in [0, 0.1) is 0 Å². The molecule has 64 heavy (non-hydrogen) atoms. The van der Waals surface area contributed by atoms with Crippen LogP contribution in [0.15, 0.2) is 97.1 Å². The molecule has 0 bridgehead atoms. The molecule has 4 aromatic rings. The van der Waals surface area contributed by atoms with Crippen LogP contribution < -0.4 is 20.9 Å². The number of carboxylic acids is 2. The number of nitrogens with zero attached hydrogens (tertiary/aromatic N) is 4. The molecule has 2 fully saturated rings. The lowest BCUT2D eigenvalue weighted by atomic mass is 10.0. The first-order valence-electron chi connectivity index (χ1n) is 21.3. The number of carbonyl (C=O) groups excluding carboxylic acids is 2. The van der Waals surface area contributed by atoms with E-state index in [9.17, 15) is 19.2 Å². The second-order valence-corrected chi connectivity index (χ2v) is 16.2. The molecule has 0 spiro atoms. The SMILES string of the molecule is CCOc1cc(N)c(Cl)cc1C(=O)N(C)C1CCN(Cc2ccccc2)CC1.CCOc1cc(N)c(Cl)cc1C(=O)N(C)C1CCN(Cc2ccccc2)CC1.O=C(O)/C=C/C(=O)O. The van der Waals surface area contributed by atoms with Gasteiger partial charge in [0.05, 0.1) is 45.8 Å². The van der Waals surface area contributed by atoms with Gasteiger partial charge in [0.2, 0.25) is 0 Å². The fourth-order valence-corrected chi connectivity index (χ4v) is 7.82. The van der Waals surface area contributed by atoms with Crippen LogP contribution in [0.4, 0.5) is 11.4 Å². The molecule has 2 aliphatic heterocycles. The molecule has 0 atom stereocenters. The Morgan fingerprint density at radius 1 is 0.625 bits per heavy atom. The summed E-state index contributed by atoms with van der Waals surface area (Å²) in [6.07, 6.45) is 4.90. The molecule has 0 radical (unpaired) electrons. The van der Waals surface area contributed by atoms with E-state index < -0.39 is 11.9 Å². The summed E-state index contributed by atoms with van der Waals surface area (Å²) in [5, 5.41) is 16.4. The van der Waals surface area contributed by atoms with Gasteiger partial charge in [-0.05, 0) is 62.8 Å². The number of benzene rings is 4. The van der Waals surface area contributed by atoms with E-state index in [2.05, 4.69) is 58.3 Å². The zero-order chi connectivity index (χ0) is 46.8. The monoisotopic (exact) mass is 918 g/mol. The average Bonchev–Trinajstić information content (AvgIpc) is 3.29. The van der Waals surface area contributed by atoms with Crippen molar-refractivity contribution in [3.8, 4) is 11.5 Å². The summed E-state index contributed by atoms with van der Waals surface area (Å²) in [7, 11) is 3.72. The molecular formula is C48H60Cl2N6O8. The van der Waals surface area contributed by atoms with Crippen LogP contribution in [0.2, 0.25) is 10.0 Å². The van der Waals surface area contributed by atoms with Gasteiger partial charge in [-0.2, -0.15) is 0 Å². The molecule has 2 heterocycles. The number of halogens is 2. The van der Waals surface area contributed by atoms with Crippen LogP contribution in [0.25, 0.3) is 0 Å². The summed E-state index contributed by atoms with van der Waals surface area (Å²) < 4.78 is 11.2. The van der Waals surface area contributed by atoms with Gasteiger partial charge in [0.15, 0.2) is 0 Å². The van der Waals surface area contributed by atoms with Crippen molar-refractivity contribution in [2.45, 2.75) is 64.7 Å². The van der Waals surface area contributed by atoms with Crippen LogP contribution in [0.5, 0.6) is 11.5 Å². The van der Waals surface area contributed by atoms with Crippen molar-refractivity contribution < 1.29 is 38.9 Å². The number of carbonyl (C=O) groups is 4. The number of carboxylic acid groups (broad SMARTS) is 2. The Morgan fingerprint density at radius 3 is 1.25 bits per heavy atom. The molecule has 2 saturated heterocycles. The first-order valence-corrected chi connectivity index (χ1v) is 22.0. The first-order chi connectivity index (χ1) is 30.6. The van der Waals surface area contributed by atoms with Crippen molar-refractivity contribution in [3.05, 3.63) is 129 Å². The lowest BCUT2D eigenvalue weighted by molar-refractivity contribution is -0.134. The van der Waals surface area contributed by atoms with Gasteiger partial charge in [0.1, 0.15) is 11.5 Å². The van der Waals surface area contributed by atoms with Gasteiger partial charge in [0, 0.05) is 89.7 Å². The molecule has 0 saturated carbocycles.